The largest absolute Gasteiger partial charge is 0.481 e. The zero-order valence-corrected chi connectivity index (χ0v) is 16.7. The summed E-state index contributed by atoms with van der Waals surface area (Å²) in [5.74, 6) is 2.24. The lowest BCUT2D eigenvalue weighted by Gasteiger charge is -2.14. The standard InChI is InChI=1S/C19H18ClN5O2S/c1-26-16-8-7-14(17(24-16)27-13-5-3-12(20)4-6-13)15-11-28-19(23-15)25-18-21-9-2-10-22-18/h3-8,11H,2,9-10H2,1H3,(H2,21,22,23,25). The van der Waals surface area contributed by atoms with Gasteiger partial charge >= 0.3 is 0 Å². The molecule has 1 aromatic carbocycles. The maximum atomic E-state index is 5.98. The molecule has 2 aromatic heterocycles. The molecule has 0 unspecified atom stereocenters. The Morgan fingerprint density at radius 3 is 2.75 bits per heavy atom. The molecule has 0 atom stereocenters. The number of guanidine groups is 1. The van der Waals surface area contributed by atoms with E-state index in [1.54, 1.807) is 37.4 Å². The normalized spacial score (nSPS) is 13.4. The number of hydrogen-bond donors (Lipinski definition) is 2. The number of methoxy groups -OCH3 is 1. The SMILES string of the molecule is COc1ccc(-c2csc(NC3=NCCCN3)n2)c(Oc2ccc(Cl)cc2)n1. The Kier molecular flexibility index (Phi) is 5.59. The van der Waals surface area contributed by atoms with Crippen LogP contribution in [0.15, 0.2) is 46.8 Å². The minimum atomic E-state index is 0.409. The van der Waals surface area contributed by atoms with E-state index in [4.69, 9.17) is 21.1 Å². The molecule has 0 fully saturated rings. The Labute approximate surface area is 171 Å². The highest BCUT2D eigenvalue weighted by molar-refractivity contribution is 7.14. The number of hydrogen-bond acceptors (Lipinski definition) is 8. The van der Waals surface area contributed by atoms with Crippen LogP contribution in [0.5, 0.6) is 17.5 Å². The van der Waals surface area contributed by atoms with Crippen LogP contribution in [0.2, 0.25) is 5.02 Å². The van der Waals surface area contributed by atoms with Gasteiger partial charge in [0, 0.05) is 29.6 Å². The van der Waals surface area contributed by atoms with Crippen LogP contribution in [-0.2, 0) is 0 Å². The number of nitrogens with one attached hydrogen (secondary N) is 2. The Bertz CT molecular complexity index is 990. The van der Waals surface area contributed by atoms with Gasteiger partial charge in [0.05, 0.1) is 18.4 Å². The summed E-state index contributed by atoms with van der Waals surface area (Å²) in [4.78, 5) is 13.5. The molecular formula is C19H18ClN5O2S. The van der Waals surface area contributed by atoms with Crippen molar-refractivity contribution in [3.05, 3.63) is 46.8 Å². The average Bonchev–Trinajstić information content (AvgIpc) is 3.18. The second kappa shape index (κ2) is 8.45. The molecule has 28 heavy (non-hydrogen) atoms. The third-order valence-corrected chi connectivity index (χ3v) is 4.98. The van der Waals surface area contributed by atoms with Crippen LogP contribution in [0, 0.1) is 0 Å². The van der Waals surface area contributed by atoms with E-state index in [1.807, 2.05) is 11.4 Å². The monoisotopic (exact) mass is 415 g/mol. The van der Waals surface area contributed by atoms with Crippen molar-refractivity contribution in [1.82, 2.24) is 15.3 Å². The summed E-state index contributed by atoms with van der Waals surface area (Å²) in [6, 6.07) is 10.8. The molecule has 1 aliphatic rings. The van der Waals surface area contributed by atoms with Crippen LogP contribution < -0.4 is 20.1 Å². The van der Waals surface area contributed by atoms with Crippen LogP contribution in [-0.4, -0.2) is 36.1 Å². The molecule has 4 rings (SSSR count). The molecule has 1 aliphatic heterocycles. The fraction of sp³-hybridized carbons (Fsp3) is 0.211. The number of pyridine rings is 1. The highest BCUT2D eigenvalue weighted by atomic mass is 35.5. The van der Waals surface area contributed by atoms with Gasteiger partial charge in [-0.15, -0.1) is 11.3 Å². The van der Waals surface area contributed by atoms with E-state index < -0.39 is 0 Å². The first-order chi connectivity index (χ1) is 13.7. The summed E-state index contributed by atoms with van der Waals surface area (Å²) in [5.41, 5.74) is 1.52. The molecule has 0 saturated carbocycles. The molecule has 0 amide bonds. The van der Waals surface area contributed by atoms with Crippen LogP contribution in [0.3, 0.4) is 0 Å². The predicted octanol–water partition coefficient (Wildman–Crippen LogP) is 4.42. The summed E-state index contributed by atoms with van der Waals surface area (Å²) < 4.78 is 11.2. The highest BCUT2D eigenvalue weighted by Gasteiger charge is 2.15. The van der Waals surface area contributed by atoms with Gasteiger partial charge in [-0.05, 0) is 36.8 Å². The van der Waals surface area contributed by atoms with E-state index in [1.165, 1.54) is 11.3 Å². The van der Waals surface area contributed by atoms with Crippen molar-refractivity contribution >= 4 is 34.0 Å². The van der Waals surface area contributed by atoms with Gasteiger partial charge in [-0.1, -0.05) is 11.6 Å². The maximum Gasteiger partial charge on any atom is 0.232 e. The lowest BCUT2D eigenvalue weighted by molar-refractivity contribution is 0.384. The smallest absolute Gasteiger partial charge is 0.232 e. The fourth-order valence-electron chi connectivity index (χ4n) is 2.60. The Morgan fingerprint density at radius 1 is 1.14 bits per heavy atom. The second-order valence-electron chi connectivity index (χ2n) is 5.94. The van der Waals surface area contributed by atoms with Crippen molar-refractivity contribution in [3.8, 4) is 28.8 Å². The topological polar surface area (TPSA) is 80.7 Å². The lowest BCUT2D eigenvalue weighted by Crippen LogP contribution is -2.35. The van der Waals surface area contributed by atoms with E-state index in [-0.39, 0.29) is 0 Å². The van der Waals surface area contributed by atoms with E-state index >= 15 is 0 Å². The number of anilines is 1. The van der Waals surface area contributed by atoms with Gasteiger partial charge in [0.2, 0.25) is 11.8 Å². The number of rotatable bonds is 5. The Hall–Kier alpha value is -2.84. The van der Waals surface area contributed by atoms with Crippen molar-refractivity contribution in [2.75, 3.05) is 25.5 Å². The van der Waals surface area contributed by atoms with E-state index in [0.29, 0.717) is 22.5 Å². The number of aromatic nitrogens is 2. The van der Waals surface area contributed by atoms with Crippen molar-refractivity contribution in [2.45, 2.75) is 6.42 Å². The third-order valence-electron chi connectivity index (χ3n) is 3.97. The summed E-state index contributed by atoms with van der Waals surface area (Å²) in [5, 5.41) is 9.77. The minimum absolute atomic E-state index is 0.409. The average molecular weight is 416 g/mol. The summed E-state index contributed by atoms with van der Waals surface area (Å²) >= 11 is 7.44. The number of benzene rings is 1. The van der Waals surface area contributed by atoms with E-state index in [9.17, 15) is 0 Å². The first-order valence-electron chi connectivity index (χ1n) is 8.71. The zero-order valence-electron chi connectivity index (χ0n) is 15.1. The van der Waals surface area contributed by atoms with Crippen molar-refractivity contribution in [1.29, 1.82) is 0 Å². The predicted molar refractivity (Wildman–Crippen MR) is 112 cm³/mol. The molecule has 0 radical (unpaired) electrons. The minimum Gasteiger partial charge on any atom is -0.481 e. The molecule has 3 heterocycles. The summed E-state index contributed by atoms with van der Waals surface area (Å²) in [7, 11) is 1.57. The van der Waals surface area contributed by atoms with Crippen molar-refractivity contribution in [3.63, 3.8) is 0 Å². The first kappa shape index (κ1) is 18.5. The third kappa shape index (κ3) is 4.35. The summed E-state index contributed by atoms with van der Waals surface area (Å²) in [6.45, 7) is 1.72. The molecule has 7 nitrogen and oxygen atoms in total. The number of nitrogens with zero attached hydrogens (tertiary/aromatic N) is 3. The van der Waals surface area contributed by atoms with Crippen molar-refractivity contribution in [2.24, 2.45) is 4.99 Å². The molecule has 0 spiro atoms. The van der Waals surface area contributed by atoms with Crippen LogP contribution in [0.1, 0.15) is 6.42 Å². The Morgan fingerprint density at radius 2 is 2.00 bits per heavy atom. The molecule has 0 saturated heterocycles. The molecule has 0 aliphatic carbocycles. The van der Waals surface area contributed by atoms with Gasteiger partial charge in [0.25, 0.3) is 0 Å². The van der Waals surface area contributed by atoms with Crippen LogP contribution >= 0.6 is 22.9 Å². The van der Waals surface area contributed by atoms with Gasteiger partial charge in [-0.2, -0.15) is 4.98 Å². The lowest BCUT2D eigenvalue weighted by atomic mass is 10.2. The molecule has 9 heteroatoms. The Balaban J connectivity index is 1.61. The molecule has 144 valence electrons. The van der Waals surface area contributed by atoms with Gasteiger partial charge in [-0.25, -0.2) is 4.98 Å². The van der Waals surface area contributed by atoms with Gasteiger partial charge < -0.3 is 20.1 Å². The number of halogens is 1. The zero-order chi connectivity index (χ0) is 19.3. The number of ether oxygens (including phenoxy) is 2. The highest BCUT2D eigenvalue weighted by Crippen LogP contribution is 2.35. The molecule has 3 aromatic rings. The fourth-order valence-corrected chi connectivity index (χ4v) is 3.43. The summed E-state index contributed by atoms with van der Waals surface area (Å²) in [6.07, 6.45) is 1.04. The van der Waals surface area contributed by atoms with Crippen molar-refractivity contribution < 1.29 is 9.47 Å². The first-order valence-corrected chi connectivity index (χ1v) is 9.97. The van der Waals surface area contributed by atoms with E-state index in [2.05, 4.69) is 25.6 Å². The molecule has 2 N–H and O–H groups in total. The molecule has 0 bridgehead atoms. The number of aliphatic imine (C=N–C) groups is 1. The van der Waals surface area contributed by atoms with Crippen LogP contribution in [0.4, 0.5) is 5.13 Å². The number of thiazole rings is 1. The molecular weight excluding hydrogens is 398 g/mol. The van der Waals surface area contributed by atoms with Gasteiger partial charge in [-0.3, -0.25) is 4.99 Å². The van der Waals surface area contributed by atoms with E-state index in [0.717, 1.165) is 41.9 Å². The van der Waals surface area contributed by atoms with Crippen LogP contribution in [0.25, 0.3) is 11.3 Å². The quantitative estimate of drug-likeness (QED) is 0.642. The second-order valence-corrected chi connectivity index (χ2v) is 7.23. The van der Waals surface area contributed by atoms with Gasteiger partial charge in [0.15, 0.2) is 11.1 Å². The van der Waals surface area contributed by atoms with Gasteiger partial charge in [0.1, 0.15) is 5.75 Å². The maximum absolute atomic E-state index is 5.98.